The Morgan fingerprint density at radius 2 is 2.33 bits per heavy atom. The van der Waals surface area contributed by atoms with Crippen molar-refractivity contribution in [2.75, 3.05) is 5.75 Å². The van der Waals surface area contributed by atoms with Crippen LogP contribution in [0.3, 0.4) is 0 Å². The molecule has 1 atom stereocenters. The number of H-pyrrole nitrogens is 1. The largest absolute Gasteiger partial charge is 0.309 e. The Hall–Kier alpha value is -0.810. The van der Waals surface area contributed by atoms with Crippen LogP contribution in [0.15, 0.2) is 11.0 Å². The van der Waals surface area contributed by atoms with E-state index in [9.17, 15) is 4.79 Å². The lowest BCUT2D eigenvalue weighted by molar-refractivity contribution is 0.422. The minimum absolute atomic E-state index is 0.00636. The van der Waals surface area contributed by atoms with Gasteiger partial charge in [0.2, 0.25) is 0 Å². The summed E-state index contributed by atoms with van der Waals surface area (Å²) in [5, 5.41) is 3.68. The van der Waals surface area contributed by atoms with E-state index in [0.29, 0.717) is 17.4 Å². The monoisotopic (exact) mass is 267 g/mol. The zero-order chi connectivity index (χ0) is 13.2. The fraction of sp³-hybridized carbons (Fsp3) is 0.692. The Balaban J connectivity index is 2.08. The van der Waals surface area contributed by atoms with E-state index < -0.39 is 0 Å². The first-order chi connectivity index (χ1) is 8.46. The van der Waals surface area contributed by atoms with Crippen molar-refractivity contribution in [2.45, 2.75) is 50.9 Å². The fourth-order valence-electron chi connectivity index (χ4n) is 1.88. The van der Waals surface area contributed by atoms with E-state index in [1.165, 1.54) is 12.2 Å². The fourth-order valence-corrected chi connectivity index (χ4v) is 3.11. The molecule has 0 amide bonds. The average Bonchev–Trinajstić information content (AvgIpc) is 2.79. The Morgan fingerprint density at radius 3 is 2.89 bits per heavy atom. The molecule has 0 spiro atoms. The van der Waals surface area contributed by atoms with Gasteiger partial charge in [-0.2, -0.15) is 11.8 Å². The summed E-state index contributed by atoms with van der Waals surface area (Å²) in [7, 11) is 0. The summed E-state index contributed by atoms with van der Waals surface area (Å²) in [4.78, 5) is 19.3. The summed E-state index contributed by atoms with van der Waals surface area (Å²) in [6.07, 6.45) is 4.05. The zero-order valence-corrected chi connectivity index (χ0v) is 12.1. The summed E-state index contributed by atoms with van der Waals surface area (Å²) in [5.74, 6) is 2.00. The van der Waals surface area contributed by atoms with Crippen molar-refractivity contribution in [3.63, 3.8) is 0 Å². The Labute approximate surface area is 112 Å². The number of hydrogen-bond acceptors (Lipinski definition) is 4. The molecular formula is C13H21N3OS. The van der Waals surface area contributed by atoms with Crippen LogP contribution in [-0.4, -0.2) is 21.3 Å². The molecule has 1 saturated heterocycles. The second-order valence-corrected chi connectivity index (χ2v) is 7.04. The third kappa shape index (κ3) is 3.59. The van der Waals surface area contributed by atoms with Crippen molar-refractivity contribution in [1.82, 2.24) is 15.3 Å². The van der Waals surface area contributed by atoms with Crippen molar-refractivity contribution in [3.05, 3.63) is 27.9 Å². The minimum Gasteiger partial charge on any atom is -0.309 e. The highest BCUT2D eigenvalue weighted by atomic mass is 32.2. The molecule has 5 heteroatoms. The van der Waals surface area contributed by atoms with Gasteiger partial charge in [-0.05, 0) is 39.4 Å². The van der Waals surface area contributed by atoms with Gasteiger partial charge >= 0.3 is 0 Å². The van der Waals surface area contributed by atoms with Crippen molar-refractivity contribution < 1.29 is 0 Å². The van der Waals surface area contributed by atoms with Crippen LogP contribution in [-0.2, 0) is 6.54 Å². The van der Waals surface area contributed by atoms with E-state index in [1.807, 2.05) is 11.8 Å². The molecule has 2 heterocycles. The van der Waals surface area contributed by atoms with Crippen LogP contribution in [0.25, 0.3) is 0 Å². The van der Waals surface area contributed by atoms with Crippen LogP contribution in [0.2, 0.25) is 0 Å². The third-order valence-electron chi connectivity index (χ3n) is 2.94. The molecule has 100 valence electrons. The highest BCUT2D eigenvalue weighted by Crippen LogP contribution is 2.37. The van der Waals surface area contributed by atoms with Crippen LogP contribution in [0, 0.1) is 0 Å². The molecule has 1 unspecified atom stereocenters. The van der Waals surface area contributed by atoms with E-state index >= 15 is 0 Å². The van der Waals surface area contributed by atoms with Gasteiger partial charge in [-0.1, -0.05) is 0 Å². The van der Waals surface area contributed by atoms with Gasteiger partial charge in [0.15, 0.2) is 0 Å². The molecular weight excluding hydrogens is 246 g/mol. The van der Waals surface area contributed by atoms with Gasteiger partial charge < -0.3 is 10.3 Å². The Morgan fingerprint density at radius 1 is 1.56 bits per heavy atom. The molecule has 0 aliphatic carbocycles. The normalized spacial score (nSPS) is 20.3. The van der Waals surface area contributed by atoms with E-state index in [4.69, 9.17) is 0 Å². The number of nitrogens with one attached hydrogen (secondary N) is 2. The van der Waals surface area contributed by atoms with Crippen LogP contribution in [0.1, 0.15) is 50.3 Å². The molecule has 1 aromatic heterocycles. The molecule has 1 aliphatic heterocycles. The molecule has 18 heavy (non-hydrogen) atoms. The van der Waals surface area contributed by atoms with E-state index in [0.717, 1.165) is 12.2 Å². The van der Waals surface area contributed by atoms with Crippen molar-refractivity contribution in [2.24, 2.45) is 0 Å². The first-order valence-electron chi connectivity index (χ1n) is 6.40. The molecule has 0 radical (unpaired) electrons. The lowest BCUT2D eigenvalue weighted by atomic mass is 10.1. The first kappa shape index (κ1) is 13.6. The van der Waals surface area contributed by atoms with Gasteiger partial charge in [0.1, 0.15) is 5.82 Å². The van der Waals surface area contributed by atoms with Gasteiger partial charge in [0, 0.05) is 23.8 Å². The number of thioether (sulfide) groups is 1. The number of rotatable bonds is 3. The molecule has 1 aromatic rings. The SMILES string of the molecule is CC(C)(C)NCc1cnc(C2CCCS2)[nH]c1=O. The zero-order valence-electron chi connectivity index (χ0n) is 11.2. The number of aromatic nitrogens is 2. The molecule has 0 bridgehead atoms. The maximum Gasteiger partial charge on any atom is 0.255 e. The second-order valence-electron chi connectivity index (χ2n) is 5.73. The lowest BCUT2D eigenvalue weighted by Gasteiger charge is -2.20. The Kier molecular flexibility index (Phi) is 4.12. The quantitative estimate of drug-likeness (QED) is 0.881. The maximum absolute atomic E-state index is 12.0. The second kappa shape index (κ2) is 5.45. The highest BCUT2D eigenvalue weighted by Gasteiger charge is 2.20. The van der Waals surface area contributed by atoms with E-state index in [2.05, 4.69) is 36.1 Å². The van der Waals surface area contributed by atoms with Gasteiger partial charge in [0.05, 0.1) is 5.25 Å². The van der Waals surface area contributed by atoms with Crippen molar-refractivity contribution in [1.29, 1.82) is 0 Å². The summed E-state index contributed by atoms with van der Waals surface area (Å²) in [6.45, 7) is 6.80. The summed E-state index contributed by atoms with van der Waals surface area (Å²) >= 11 is 1.88. The molecule has 1 fully saturated rings. The maximum atomic E-state index is 12.0. The third-order valence-corrected chi connectivity index (χ3v) is 4.32. The van der Waals surface area contributed by atoms with Gasteiger partial charge in [-0.25, -0.2) is 4.98 Å². The number of hydrogen-bond donors (Lipinski definition) is 2. The lowest BCUT2D eigenvalue weighted by Crippen LogP contribution is -2.36. The topological polar surface area (TPSA) is 57.8 Å². The van der Waals surface area contributed by atoms with Crippen molar-refractivity contribution in [3.8, 4) is 0 Å². The van der Waals surface area contributed by atoms with Crippen LogP contribution in [0.5, 0.6) is 0 Å². The molecule has 0 aromatic carbocycles. The standard InChI is InChI=1S/C13H21N3OS/c1-13(2,3)15-8-9-7-14-11(16-12(9)17)10-5-4-6-18-10/h7,10,15H,4-6,8H2,1-3H3,(H,14,16,17). The van der Waals surface area contributed by atoms with Gasteiger partial charge in [0.25, 0.3) is 5.56 Å². The first-order valence-corrected chi connectivity index (χ1v) is 7.45. The van der Waals surface area contributed by atoms with Gasteiger partial charge in [-0.15, -0.1) is 0 Å². The molecule has 0 saturated carbocycles. The summed E-state index contributed by atoms with van der Waals surface area (Å²) < 4.78 is 0. The average molecular weight is 267 g/mol. The predicted octanol–water partition coefficient (Wildman–Crippen LogP) is 2.23. The minimum atomic E-state index is -0.00995. The van der Waals surface area contributed by atoms with Gasteiger partial charge in [-0.3, -0.25) is 4.79 Å². The summed E-state index contributed by atoms with van der Waals surface area (Å²) in [5.41, 5.74) is 0.702. The smallest absolute Gasteiger partial charge is 0.255 e. The molecule has 1 aliphatic rings. The van der Waals surface area contributed by atoms with Crippen LogP contribution in [0.4, 0.5) is 0 Å². The van der Waals surface area contributed by atoms with E-state index in [-0.39, 0.29) is 11.1 Å². The summed E-state index contributed by atoms with van der Waals surface area (Å²) in [6, 6.07) is 0. The number of aromatic amines is 1. The van der Waals surface area contributed by atoms with Crippen LogP contribution < -0.4 is 10.9 Å². The van der Waals surface area contributed by atoms with E-state index in [1.54, 1.807) is 6.20 Å². The van der Waals surface area contributed by atoms with Crippen LogP contribution >= 0.6 is 11.8 Å². The molecule has 2 N–H and O–H groups in total. The Bertz CT molecular complexity index is 458. The van der Waals surface area contributed by atoms with Crippen molar-refractivity contribution >= 4 is 11.8 Å². The molecule has 4 nitrogen and oxygen atoms in total. The highest BCUT2D eigenvalue weighted by molar-refractivity contribution is 7.99. The predicted molar refractivity (Wildman–Crippen MR) is 75.9 cm³/mol. The number of nitrogens with zero attached hydrogens (tertiary/aromatic N) is 1. The molecule has 2 rings (SSSR count).